The predicted octanol–water partition coefficient (Wildman–Crippen LogP) is 4.94. The zero-order valence-electron chi connectivity index (χ0n) is 15.0. The van der Waals surface area contributed by atoms with Gasteiger partial charge in [0.25, 0.3) is 5.91 Å². The topological polar surface area (TPSA) is 75.6 Å². The van der Waals surface area contributed by atoms with Crippen molar-refractivity contribution >= 4 is 28.2 Å². The number of nitrogens with one attached hydrogen (secondary N) is 1. The number of carbonyl (C=O) groups is 2. The van der Waals surface area contributed by atoms with Gasteiger partial charge < -0.3 is 15.2 Å². The Morgan fingerprint density at radius 2 is 1.89 bits per heavy atom. The molecule has 6 heteroatoms. The molecule has 3 aromatic rings. The first-order valence-electron chi connectivity index (χ1n) is 8.43. The van der Waals surface area contributed by atoms with Crippen molar-refractivity contribution in [1.29, 1.82) is 0 Å². The molecule has 2 N–H and O–H groups in total. The number of hydrogen-bond acceptors (Lipinski definition) is 4. The van der Waals surface area contributed by atoms with Gasteiger partial charge in [0.05, 0.1) is 7.11 Å². The van der Waals surface area contributed by atoms with Crippen LogP contribution in [0.1, 0.15) is 33.2 Å². The zero-order valence-corrected chi connectivity index (χ0v) is 15.8. The molecule has 0 unspecified atom stereocenters. The highest BCUT2D eigenvalue weighted by atomic mass is 32.1. The molecule has 1 amide bonds. The van der Waals surface area contributed by atoms with Crippen LogP contribution in [-0.4, -0.2) is 24.1 Å². The van der Waals surface area contributed by atoms with Crippen LogP contribution in [0.4, 0.5) is 5.00 Å². The Morgan fingerprint density at radius 3 is 2.52 bits per heavy atom. The Morgan fingerprint density at radius 1 is 1.15 bits per heavy atom. The summed E-state index contributed by atoms with van der Waals surface area (Å²) in [5, 5.41) is 14.5. The van der Waals surface area contributed by atoms with Crippen LogP contribution >= 0.6 is 11.3 Å². The molecule has 3 rings (SSSR count). The van der Waals surface area contributed by atoms with Crippen molar-refractivity contribution in [2.45, 2.75) is 13.3 Å². The van der Waals surface area contributed by atoms with E-state index < -0.39 is 5.97 Å². The summed E-state index contributed by atoms with van der Waals surface area (Å²) in [7, 11) is 1.52. The lowest BCUT2D eigenvalue weighted by Gasteiger charge is -2.07. The lowest BCUT2D eigenvalue weighted by Crippen LogP contribution is -2.13. The molecule has 5 nitrogen and oxygen atoms in total. The fourth-order valence-corrected chi connectivity index (χ4v) is 3.69. The standard InChI is InChI=1S/C21H19NO4S/c1-3-13-7-9-14(10-8-13)17-12-27-20(18(17)21(24)25)22-19(23)15-5-4-6-16(11-15)26-2/h4-12H,3H2,1-2H3,(H,22,23)(H,24,25). The van der Waals surface area contributed by atoms with Gasteiger partial charge in [0, 0.05) is 16.5 Å². The Bertz CT molecular complexity index is 976. The number of amides is 1. The number of aryl methyl sites for hydroxylation is 1. The number of benzene rings is 2. The van der Waals surface area contributed by atoms with Gasteiger partial charge in [-0.15, -0.1) is 11.3 Å². The number of carboxylic acids is 1. The Hall–Kier alpha value is -3.12. The number of anilines is 1. The molecule has 0 fully saturated rings. The number of methoxy groups -OCH3 is 1. The number of carbonyl (C=O) groups excluding carboxylic acids is 1. The fraction of sp³-hybridized carbons (Fsp3) is 0.143. The number of hydrogen-bond donors (Lipinski definition) is 2. The summed E-state index contributed by atoms with van der Waals surface area (Å²) in [4.78, 5) is 24.4. The fourth-order valence-electron chi connectivity index (χ4n) is 2.73. The van der Waals surface area contributed by atoms with Crippen LogP contribution in [-0.2, 0) is 6.42 Å². The first-order valence-corrected chi connectivity index (χ1v) is 9.31. The Labute approximate surface area is 161 Å². The van der Waals surface area contributed by atoms with Crippen molar-refractivity contribution in [3.63, 3.8) is 0 Å². The van der Waals surface area contributed by atoms with E-state index in [1.54, 1.807) is 29.6 Å². The molecule has 0 aliphatic heterocycles. The first-order chi connectivity index (χ1) is 13.0. The second kappa shape index (κ2) is 8.05. The quantitative estimate of drug-likeness (QED) is 0.634. The highest BCUT2D eigenvalue weighted by Gasteiger charge is 2.21. The van der Waals surface area contributed by atoms with Crippen molar-refractivity contribution in [3.8, 4) is 16.9 Å². The Balaban J connectivity index is 1.92. The van der Waals surface area contributed by atoms with E-state index in [1.807, 2.05) is 24.3 Å². The predicted molar refractivity (Wildman–Crippen MR) is 107 cm³/mol. The molecular weight excluding hydrogens is 362 g/mol. The van der Waals surface area contributed by atoms with E-state index in [0.717, 1.165) is 12.0 Å². The van der Waals surface area contributed by atoms with Crippen molar-refractivity contribution < 1.29 is 19.4 Å². The number of thiophene rings is 1. The van der Waals surface area contributed by atoms with E-state index in [4.69, 9.17) is 4.74 Å². The second-order valence-electron chi connectivity index (χ2n) is 5.90. The van der Waals surface area contributed by atoms with E-state index >= 15 is 0 Å². The summed E-state index contributed by atoms with van der Waals surface area (Å²) in [5.74, 6) is -0.901. The molecule has 1 heterocycles. The van der Waals surface area contributed by atoms with Gasteiger partial charge in [0.15, 0.2) is 0 Å². The summed E-state index contributed by atoms with van der Waals surface area (Å²) < 4.78 is 5.13. The largest absolute Gasteiger partial charge is 0.497 e. The molecule has 2 aromatic carbocycles. The third-order valence-electron chi connectivity index (χ3n) is 4.24. The molecule has 1 aromatic heterocycles. The molecule has 0 bridgehead atoms. The van der Waals surface area contributed by atoms with Crippen LogP contribution in [0.25, 0.3) is 11.1 Å². The molecular formula is C21H19NO4S. The number of ether oxygens (including phenoxy) is 1. The van der Waals surface area contributed by atoms with E-state index in [-0.39, 0.29) is 11.5 Å². The monoisotopic (exact) mass is 381 g/mol. The van der Waals surface area contributed by atoms with Crippen molar-refractivity contribution in [1.82, 2.24) is 0 Å². The molecule has 0 atom stereocenters. The molecule has 0 saturated heterocycles. The normalized spacial score (nSPS) is 10.4. The minimum atomic E-state index is -1.08. The van der Waals surface area contributed by atoms with Crippen LogP contribution in [0.2, 0.25) is 0 Å². The van der Waals surface area contributed by atoms with Crippen LogP contribution in [0.15, 0.2) is 53.9 Å². The highest BCUT2D eigenvalue weighted by Crippen LogP contribution is 2.36. The van der Waals surface area contributed by atoms with E-state index in [9.17, 15) is 14.7 Å². The average molecular weight is 381 g/mol. The number of carboxylic acid groups (broad SMARTS) is 1. The Kier molecular flexibility index (Phi) is 5.57. The van der Waals surface area contributed by atoms with E-state index in [0.29, 0.717) is 21.9 Å². The summed E-state index contributed by atoms with van der Waals surface area (Å²) >= 11 is 1.20. The van der Waals surface area contributed by atoms with Gasteiger partial charge in [0.1, 0.15) is 16.3 Å². The van der Waals surface area contributed by atoms with Gasteiger partial charge in [-0.2, -0.15) is 0 Å². The van der Waals surface area contributed by atoms with Gasteiger partial charge in [-0.05, 0) is 35.7 Å². The van der Waals surface area contributed by atoms with Gasteiger partial charge in [-0.1, -0.05) is 37.3 Å². The first kappa shape index (κ1) is 18.7. The SMILES string of the molecule is CCc1ccc(-c2csc(NC(=O)c3cccc(OC)c3)c2C(=O)O)cc1. The third kappa shape index (κ3) is 4.01. The molecule has 0 aliphatic carbocycles. The third-order valence-corrected chi connectivity index (χ3v) is 5.13. The maximum atomic E-state index is 12.5. The average Bonchev–Trinajstić information content (AvgIpc) is 3.11. The smallest absolute Gasteiger partial charge is 0.339 e. The summed E-state index contributed by atoms with van der Waals surface area (Å²) in [6.07, 6.45) is 0.914. The van der Waals surface area contributed by atoms with Crippen LogP contribution in [0.5, 0.6) is 5.75 Å². The summed E-state index contributed by atoms with van der Waals surface area (Å²) in [6, 6.07) is 14.5. The van der Waals surface area contributed by atoms with Gasteiger partial charge in [-0.3, -0.25) is 4.79 Å². The number of aromatic carboxylic acids is 1. The van der Waals surface area contributed by atoms with Crippen molar-refractivity contribution in [2.24, 2.45) is 0 Å². The molecule has 27 heavy (non-hydrogen) atoms. The maximum Gasteiger partial charge on any atom is 0.339 e. The molecule has 0 spiro atoms. The summed E-state index contributed by atoms with van der Waals surface area (Å²) in [6.45, 7) is 2.06. The molecule has 138 valence electrons. The van der Waals surface area contributed by atoms with Gasteiger partial charge in [0.2, 0.25) is 0 Å². The maximum absolute atomic E-state index is 12.5. The molecule has 0 saturated carbocycles. The van der Waals surface area contributed by atoms with Crippen LogP contribution in [0, 0.1) is 0 Å². The highest BCUT2D eigenvalue weighted by molar-refractivity contribution is 7.15. The minimum absolute atomic E-state index is 0.0977. The van der Waals surface area contributed by atoms with Gasteiger partial charge in [-0.25, -0.2) is 4.79 Å². The minimum Gasteiger partial charge on any atom is -0.497 e. The van der Waals surface area contributed by atoms with Crippen molar-refractivity contribution in [3.05, 3.63) is 70.6 Å². The van der Waals surface area contributed by atoms with E-state index in [2.05, 4.69) is 12.2 Å². The van der Waals surface area contributed by atoms with Gasteiger partial charge >= 0.3 is 5.97 Å². The number of rotatable bonds is 6. The molecule has 0 radical (unpaired) electrons. The zero-order chi connectivity index (χ0) is 19.4. The van der Waals surface area contributed by atoms with E-state index in [1.165, 1.54) is 24.0 Å². The molecule has 0 aliphatic rings. The van der Waals surface area contributed by atoms with Crippen molar-refractivity contribution in [2.75, 3.05) is 12.4 Å². The summed E-state index contributed by atoms with van der Waals surface area (Å²) in [5.41, 5.74) is 3.07. The lowest BCUT2D eigenvalue weighted by molar-refractivity contribution is 0.0699. The lowest BCUT2D eigenvalue weighted by atomic mass is 10.0. The van der Waals surface area contributed by atoms with Crippen LogP contribution < -0.4 is 10.1 Å². The van der Waals surface area contributed by atoms with Crippen LogP contribution in [0.3, 0.4) is 0 Å². The second-order valence-corrected chi connectivity index (χ2v) is 6.77.